The standard InChI is InChI=1S/C24H46O3/c1-2-3-4-5-6-7-8-9-10-11-12-13-14-15-16-17-18-19-20-21-23(25)22-24(26)27/h2-22H2,1H3,(H,26,27). The molecule has 3 nitrogen and oxygen atoms in total. The van der Waals surface area contributed by atoms with Gasteiger partial charge in [0.05, 0.1) is 0 Å². The fourth-order valence-corrected chi connectivity index (χ4v) is 3.66. The molecule has 0 aromatic rings. The van der Waals surface area contributed by atoms with Crippen LogP contribution >= 0.6 is 0 Å². The minimum Gasteiger partial charge on any atom is -0.481 e. The molecule has 0 aromatic carbocycles. The van der Waals surface area contributed by atoms with Gasteiger partial charge in [-0.25, -0.2) is 0 Å². The molecule has 0 rings (SSSR count). The highest BCUT2D eigenvalue weighted by molar-refractivity contribution is 5.94. The molecular weight excluding hydrogens is 336 g/mol. The SMILES string of the molecule is CCCCCCCCCCCCCCCCCCCCCC(=O)CC(=O)O. The molecule has 160 valence electrons. The molecule has 1 N–H and O–H groups in total. The van der Waals surface area contributed by atoms with Gasteiger partial charge in [0, 0.05) is 6.42 Å². The number of ketones is 1. The van der Waals surface area contributed by atoms with Crippen molar-refractivity contribution in [2.45, 2.75) is 142 Å². The Labute approximate surface area is 168 Å². The predicted octanol–water partition coefficient (Wildman–Crippen LogP) is 7.85. The summed E-state index contributed by atoms with van der Waals surface area (Å²) in [5.74, 6) is -1.13. The van der Waals surface area contributed by atoms with Crippen LogP contribution in [0.15, 0.2) is 0 Å². The Kier molecular flexibility index (Phi) is 20.8. The maximum atomic E-state index is 11.3. The lowest BCUT2D eigenvalue weighted by atomic mass is 10.0. The molecule has 0 radical (unpaired) electrons. The third-order valence-corrected chi connectivity index (χ3v) is 5.41. The van der Waals surface area contributed by atoms with E-state index in [2.05, 4.69) is 6.92 Å². The maximum Gasteiger partial charge on any atom is 0.310 e. The number of carboxylic acid groups (broad SMARTS) is 1. The summed E-state index contributed by atoms with van der Waals surface area (Å²) in [6.45, 7) is 2.28. The lowest BCUT2D eigenvalue weighted by Crippen LogP contribution is -2.05. The molecule has 0 atom stereocenters. The zero-order valence-corrected chi connectivity index (χ0v) is 18.1. The van der Waals surface area contributed by atoms with E-state index in [4.69, 9.17) is 5.11 Å². The van der Waals surface area contributed by atoms with Gasteiger partial charge in [0.15, 0.2) is 0 Å². The van der Waals surface area contributed by atoms with Crippen LogP contribution in [0.25, 0.3) is 0 Å². The molecule has 3 heteroatoms. The van der Waals surface area contributed by atoms with Gasteiger partial charge in [0.1, 0.15) is 12.2 Å². The van der Waals surface area contributed by atoms with Crippen LogP contribution in [-0.2, 0) is 9.59 Å². The highest BCUT2D eigenvalue weighted by Gasteiger charge is 2.06. The molecule has 0 spiro atoms. The van der Waals surface area contributed by atoms with Crippen LogP contribution in [0.3, 0.4) is 0 Å². The van der Waals surface area contributed by atoms with Crippen molar-refractivity contribution in [2.24, 2.45) is 0 Å². The van der Waals surface area contributed by atoms with Crippen LogP contribution in [0, 0.1) is 0 Å². The van der Waals surface area contributed by atoms with Crippen LogP contribution < -0.4 is 0 Å². The summed E-state index contributed by atoms with van der Waals surface area (Å²) in [6.07, 6.45) is 25.5. The van der Waals surface area contributed by atoms with E-state index in [1.54, 1.807) is 0 Å². The second-order valence-electron chi connectivity index (χ2n) is 8.22. The average Bonchev–Trinajstić information content (AvgIpc) is 2.63. The van der Waals surface area contributed by atoms with Crippen LogP contribution in [-0.4, -0.2) is 16.9 Å². The minimum absolute atomic E-state index is 0.130. The first-order chi connectivity index (χ1) is 13.2. The lowest BCUT2D eigenvalue weighted by molar-refractivity contribution is -0.140. The first-order valence-corrected chi connectivity index (χ1v) is 11.9. The van der Waals surface area contributed by atoms with Gasteiger partial charge in [-0.1, -0.05) is 122 Å². The molecule has 0 fully saturated rings. The van der Waals surface area contributed by atoms with E-state index in [0.29, 0.717) is 6.42 Å². The van der Waals surface area contributed by atoms with Crippen LogP contribution in [0.5, 0.6) is 0 Å². The monoisotopic (exact) mass is 382 g/mol. The summed E-state index contributed by atoms with van der Waals surface area (Å²) < 4.78 is 0. The van der Waals surface area contributed by atoms with Crippen LogP contribution in [0.1, 0.15) is 142 Å². The van der Waals surface area contributed by atoms with Crippen molar-refractivity contribution in [2.75, 3.05) is 0 Å². The van der Waals surface area contributed by atoms with E-state index >= 15 is 0 Å². The largest absolute Gasteiger partial charge is 0.481 e. The fraction of sp³-hybridized carbons (Fsp3) is 0.917. The molecular formula is C24H46O3. The zero-order valence-electron chi connectivity index (χ0n) is 18.1. The summed E-state index contributed by atoms with van der Waals surface area (Å²) in [7, 11) is 0. The van der Waals surface area contributed by atoms with Gasteiger partial charge in [0.2, 0.25) is 0 Å². The Bertz CT molecular complexity index is 339. The summed E-state index contributed by atoms with van der Waals surface area (Å²) in [4.78, 5) is 21.6. The number of carbonyl (C=O) groups excluding carboxylic acids is 1. The highest BCUT2D eigenvalue weighted by atomic mass is 16.4. The van der Waals surface area contributed by atoms with Gasteiger partial charge in [-0.3, -0.25) is 9.59 Å². The molecule has 0 aromatic heterocycles. The molecule has 0 bridgehead atoms. The molecule has 0 unspecified atom stereocenters. The van der Waals surface area contributed by atoms with E-state index in [1.165, 1.54) is 109 Å². The van der Waals surface area contributed by atoms with Crippen molar-refractivity contribution in [1.82, 2.24) is 0 Å². The number of Topliss-reactive ketones (excluding diaryl/α,β-unsaturated/α-hetero) is 1. The Morgan fingerprint density at radius 1 is 0.519 bits per heavy atom. The van der Waals surface area contributed by atoms with E-state index in [9.17, 15) is 9.59 Å². The third-order valence-electron chi connectivity index (χ3n) is 5.41. The van der Waals surface area contributed by atoms with Crippen molar-refractivity contribution < 1.29 is 14.7 Å². The Hall–Kier alpha value is -0.860. The van der Waals surface area contributed by atoms with Crippen molar-refractivity contribution in [1.29, 1.82) is 0 Å². The van der Waals surface area contributed by atoms with Gasteiger partial charge in [-0.15, -0.1) is 0 Å². The molecule has 0 saturated heterocycles. The molecule has 0 aliphatic heterocycles. The Balaban J connectivity index is 3.07. The van der Waals surface area contributed by atoms with Crippen molar-refractivity contribution >= 4 is 11.8 Å². The summed E-state index contributed by atoms with van der Waals surface area (Å²) in [5.41, 5.74) is 0. The number of rotatable bonds is 22. The Morgan fingerprint density at radius 3 is 1.11 bits per heavy atom. The first kappa shape index (κ1) is 26.1. The summed E-state index contributed by atoms with van der Waals surface area (Å²) >= 11 is 0. The molecule has 0 amide bonds. The topological polar surface area (TPSA) is 54.4 Å². The van der Waals surface area contributed by atoms with Gasteiger partial charge < -0.3 is 5.11 Å². The van der Waals surface area contributed by atoms with E-state index in [1.807, 2.05) is 0 Å². The normalized spacial score (nSPS) is 11.0. The summed E-state index contributed by atoms with van der Waals surface area (Å²) in [5, 5.41) is 8.52. The molecule has 0 saturated carbocycles. The van der Waals surface area contributed by atoms with Crippen molar-refractivity contribution in [3.63, 3.8) is 0 Å². The average molecular weight is 383 g/mol. The van der Waals surface area contributed by atoms with Crippen molar-refractivity contribution in [3.05, 3.63) is 0 Å². The highest BCUT2D eigenvalue weighted by Crippen LogP contribution is 2.14. The minimum atomic E-state index is -1.00. The van der Waals surface area contributed by atoms with E-state index in [0.717, 1.165) is 12.8 Å². The smallest absolute Gasteiger partial charge is 0.310 e. The van der Waals surface area contributed by atoms with Gasteiger partial charge >= 0.3 is 5.97 Å². The van der Waals surface area contributed by atoms with Gasteiger partial charge in [-0.05, 0) is 6.42 Å². The number of hydrogen-bond acceptors (Lipinski definition) is 2. The van der Waals surface area contributed by atoms with Crippen LogP contribution in [0.2, 0.25) is 0 Å². The molecule has 27 heavy (non-hydrogen) atoms. The zero-order chi connectivity index (χ0) is 20.0. The Morgan fingerprint density at radius 2 is 0.815 bits per heavy atom. The van der Waals surface area contributed by atoms with Crippen molar-refractivity contribution in [3.8, 4) is 0 Å². The second kappa shape index (κ2) is 21.4. The van der Waals surface area contributed by atoms with E-state index < -0.39 is 5.97 Å². The number of unbranched alkanes of at least 4 members (excludes halogenated alkanes) is 18. The predicted molar refractivity (Wildman–Crippen MR) is 115 cm³/mol. The molecule has 0 aliphatic carbocycles. The quantitative estimate of drug-likeness (QED) is 0.153. The number of aliphatic carboxylic acids is 1. The number of carbonyl (C=O) groups is 2. The number of hydrogen-bond donors (Lipinski definition) is 1. The maximum absolute atomic E-state index is 11.3. The molecule has 0 heterocycles. The fourth-order valence-electron chi connectivity index (χ4n) is 3.66. The molecule has 0 aliphatic rings. The van der Waals surface area contributed by atoms with E-state index in [-0.39, 0.29) is 12.2 Å². The van der Waals surface area contributed by atoms with Gasteiger partial charge in [-0.2, -0.15) is 0 Å². The first-order valence-electron chi connectivity index (χ1n) is 11.9. The third kappa shape index (κ3) is 23.1. The summed E-state index contributed by atoms with van der Waals surface area (Å²) in [6, 6.07) is 0. The lowest BCUT2D eigenvalue weighted by Gasteiger charge is -2.04. The second-order valence-corrected chi connectivity index (χ2v) is 8.22. The van der Waals surface area contributed by atoms with Gasteiger partial charge in [0.25, 0.3) is 0 Å². The number of carboxylic acids is 1. The van der Waals surface area contributed by atoms with Crippen LogP contribution in [0.4, 0.5) is 0 Å².